The topological polar surface area (TPSA) is 131 Å². The van der Waals surface area contributed by atoms with Gasteiger partial charge in [-0.15, -0.1) is 10.2 Å². The van der Waals surface area contributed by atoms with Gasteiger partial charge in [-0.25, -0.2) is 4.98 Å². The molecule has 0 bridgehead atoms. The van der Waals surface area contributed by atoms with Crippen LogP contribution in [0.5, 0.6) is 0 Å². The maximum absolute atomic E-state index is 13.4. The number of carbonyl (C=O) groups is 1. The third-order valence-corrected chi connectivity index (χ3v) is 6.88. The molecular formula is C26H22F3N7O4. The molecule has 3 aromatic heterocycles. The van der Waals surface area contributed by atoms with E-state index in [1.54, 1.807) is 0 Å². The highest BCUT2D eigenvalue weighted by atomic mass is 19.4. The van der Waals surface area contributed by atoms with Crippen LogP contribution < -0.4 is 15.8 Å². The summed E-state index contributed by atoms with van der Waals surface area (Å²) in [7, 11) is 0. The highest BCUT2D eigenvalue weighted by Gasteiger charge is 2.40. The van der Waals surface area contributed by atoms with Crippen LogP contribution in [0.15, 0.2) is 57.9 Å². The van der Waals surface area contributed by atoms with Gasteiger partial charge in [-0.1, -0.05) is 24.3 Å². The predicted molar refractivity (Wildman–Crippen MR) is 138 cm³/mol. The quantitative estimate of drug-likeness (QED) is 0.320. The Balaban J connectivity index is 1.30. The smallest absolute Gasteiger partial charge is 0.451 e. The molecule has 0 radical (unpaired) electrons. The number of nitrogens with zero attached hydrogens (tertiary/aromatic N) is 6. The zero-order valence-electron chi connectivity index (χ0n) is 21.0. The number of aromatic nitrogens is 5. The third kappa shape index (κ3) is 4.40. The number of anilines is 2. The fourth-order valence-electron chi connectivity index (χ4n) is 4.98. The molecule has 0 fully saturated rings. The Morgan fingerprint density at radius 1 is 1.12 bits per heavy atom. The molecule has 0 amide bonds. The van der Waals surface area contributed by atoms with Gasteiger partial charge in [-0.05, 0) is 30.7 Å². The summed E-state index contributed by atoms with van der Waals surface area (Å²) in [6.45, 7) is 0.977. The number of para-hydroxylation sites is 1. The van der Waals surface area contributed by atoms with Crippen LogP contribution >= 0.6 is 0 Å². The van der Waals surface area contributed by atoms with E-state index in [0.717, 1.165) is 36.6 Å². The molecule has 0 unspecified atom stereocenters. The fourth-order valence-corrected chi connectivity index (χ4v) is 4.98. The Bertz CT molecular complexity index is 1820. The molecule has 0 saturated heterocycles. The van der Waals surface area contributed by atoms with Gasteiger partial charge in [0.25, 0.3) is 5.56 Å². The number of carboxylic acid groups (broad SMARTS) is 1. The number of furan rings is 1. The van der Waals surface area contributed by atoms with Gasteiger partial charge in [-0.3, -0.25) is 14.2 Å². The molecule has 1 aliphatic rings. The average molecular weight is 554 g/mol. The molecule has 40 heavy (non-hydrogen) atoms. The number of aliphatic carboxylic acids is 1. The number of carboxylic acids is 1. The molecular weight excluding hydrogens is 531 g/mol. The standard InChI is InChI=1S/C26H22F3N7O4/c1-14(15-6-7-20-17(10-15)16-4-2-3-5-19(16)40-20)31-18-11-30-25(36(23(18)39)13-22(37)38)34-8-9-35-21(12-34)32-33-24(35)26(27,28)29/h2-7,10-11,14,31H,8-9,12-13H2,1H3,(H,37,38)/t14-/m0/s1. The first kappa shape index (κ1) is 25.4. The highest BCUT2D eigenvalue weighted by molar-refractivity contribution is 6.05. The van der Waals surface area contributed by atoms with E-state index >= 15 is 0 Å². The van der Waals surface area contributed by atoms with Crippen LogP contribution in [0.1, 0.15) is 30.2 Å². The minimum absolute atomic E-state index is 0.0136. The van der Waals surface area contributed by atoms with E-state index in [2.05, 4.69) is 20.5 Å². The zero-order chi connectivity index (χ0) is 28.2. The lowest BCUT2D eigenvalue weighted by Crippen LogP contribution is -2.40. The number of nitrogens with one attached hydrogen (secondary N) is 1. The molecule has 4 heterocycles. The van der Waals surface area contributed by atoms with Crippen LogP contribution in [0.2, 0.25) is 0 Å². The van der Waals surface area contributed by atoms with E-state index in [4.69, 9.17) is 4.42 Å². The number of benzene rings is 2. The summed E-state index contributed by atoms with van der Waals surface area (Å²) in [5, 5.41) is 21.4. The van der Waals surface area contributed by atoms with Gasteiger partial charge in [0.15, 0.2) is 5.82 Å². The summed E-state index contributed by atoms with van der Waals surface area (Å²) in [6, 6.07) is 13.0. The van der Waals surface area contributed by atoms with Gasteiger partial charge in [0.2, 0.25) is 11.8 Å². The molecule has 11 nitrogen and oxygen atoms in total. The lowest BCUT2D eigenvalue weighted by Gasteiger charge is -2.30. The first-order valence-corrected chi connectivity index (χ1v) is 12.3. The van der Waals surface area contributed by atoms with E-state index in [0.29, 0.717) is 0 Å². The monoisotopic (exact) mass is 553 g/mol. The summed E-state index contributed by atoms with van der Waals surface area (Å²) in [4.78, 5) is 30.9. The molecule has 206 valence electrons. The Morgan fingerprint density at radius 2 is 1.90 bits per heavy atom. The second-order valence-corrected chi connectivity index (χ2v) is 9.49. The molecule has 0 spiro atoms. The van der Waals surface area contributed by atoms with E-state index in [9.17, 15) is 27.9 Å². The summed E-state index contributed by atoms with van der Waals surface area (Å²) in [5.74, 6) is -2.33. The Kier molecular flexibility index (Phi) is 5.97. The number of rotatable bonds is 6. The van der Waals surface area contributed by atoms with Gasteiger partial charge < -0.3 is 24.3 Å². The van der Waals surface area contributed by atoms with Gasteiger partial charge in [0.1, 0.15) is 23.4 Å². The predicted octanol–water partition coefficient (Wildman–Crippen LogP) is 4.03. The molecule has 1 aliphatic heterocycles. The second-order valence-electron chi connectivity index (χ2n) is 9.49. The lowest BCUT2D eigenvalue weighted by molar-refractivity contribution is -0.147. The molecule has 6 rings (SSSR count). The van der Waals surface area contributed by atoms with E-state index in [-0.39, 0.29) is 43.1 Å². The van der Waals surface area contributed by atoms with Crippen LogP contribution in [0.3, 0.4) is 0 Å². The second kappa shape index (κ2) is 9.39. The third-order valence-electron chi connectivity index (χ3n) is 6.88. The summed E-state index contributed by atoms with van der Waals surface area (Å²) < 4.78 is 47.5. The van der Waals surface area contributed by atoms with Crippen molar-refractivity contribution < 1.29 is 27.5 Å². The minimum atomic E-state index is -4.66. The van der Waals surface area contributed by atoms with Crippen molar-refractivity contribution in [2.75, 3.05) is 16.8 Å². The van der Waals surface area contributed by atoms with Crippen molar-refractivity contribution >= 4 is 39.5 Å². The normalized spacial score (nSPS) is 14.4. The van der Waals surface area contributed by atoms with Crippen LogP contribution in [0.4, 0.5) is 24.8 Å². The summed E-state index contributed by atoms with van der Waals surface area (Å²) in [6.07, 6.45) is -3.35. The SMILES string of the molecule is C[C@H](Nc1cnc(N2CCn3c(nnc3C(F)(F)F)C2)n(CC(=O)O)c1=O)c1ccc2oc3ccccc3c2c1. The van der Waals surface area contributed by atoms with Crippen LogP contribution in [-0.2, 0) is 30.6 Å². The van der Waals surface area contributed by atoms with Crippen LogP contribution in [-0.4, -0.2) is 41.9 Å². The van der Waals surface area contributed by atoms with Gasteiger partial charge in [-0.2, -0.15) is 13.2 Å². The zero-order valence-corrected chi connectivity index (χ0v) is 21.0. The van der Waals surface area contributed by atoms with Gasteiger partial charge >= 0.3 is 12.1 Å². The Morgan fingerprint density at radius 3 is 2.67 bits per heavy atom. The lowest BCUT2D eigenvalue weighted by atomic mass is 10.0. The van der Waals surface area contributed by atoms with Crippen molar-refractivity contribution in [3.05, 3.63) is 76.2 Å². The molecule has 0 saturated carbocycles. The summed E-state index contributed by atoms with van der Waals surface area (Å²) in [5.41, 5.74) is 1.80. The van der Waals surface area contributed by atoms with Crippen molar-refractivity contribution in [1.82, 2.24) is 24.3 Å². The maximum atomic E-state index is 13.4. The number of halogens is 3. The van der Waals surface area contributed by atoms with Crippen molar-refractivity contribution in [1.29, 1.82) is 0 Å². The van der Waals surface area contributed by atoms with Crippen molar-refractivity contribution in [3.8, 4) is 0 Å². The first-order valence-electron chi connectivity index (χ1n) is 12.3. The minimum Gasteiger partial charge on any atom is -0.480 e. The molecule has 5 aromatic rings. The van der Waals surface area contributed by atoms with E-state index < -0.39 is 30.1 Å². The molecule has 2 aromatic carbocycles. The number of hydrogen-bond donors (Lipinski definition) is 2. The van der Waals surface area contributed by atoms with E-state index in [1.165, 1.54) is 11.1 Å². The summed E-state index contributed by atoms with van der Waals surface area (Å²) >= 11 is 0. The molecule has 2 N–H and O–H groups in total. The Hall–Kier alpha value is -4.88. The largest absolute Gasteiger partial charge is 0.480 e. The highest BCUT2D eigenvalue weighted by Crippen LogP contribution is 2.32. The fraction of sp³-hybridized carbons (Fsp3) is 0.269. The Labute approximate surface area is 223 Å². The number of alkyl halides is 3. The number of fused-ring (bicyclic) bond motifs is 4. The van der Waals surface area contributed by atoms with Crippen LogP contribution in [0, 0.1) is 0 Å². The van der Waals surface area contributed by atoms with Gasteiger partial charge in [0.05, 0.1) is 12.7 Å². The first-order chi connectivity index (χ1) is 19.1. The molecule has 1 atom stereocenters. The molecule has 14 heteroatoms. The van der Waals surface area contributed by atoms with Crippen molar-refractivity contribution in [2.24, 2.45) is 0 Å². The van der Waals surface area contributed by atoms with Gasteiger partial charge in [0, 0.05) is 29.9 Å². The van der Waals surface area contributed by atoms with Crippen molar-refractivity contribution in [2.45, 2.75) is 38.8 Å². The van der Waals surface area contributed by atoms with Crippen LogP contribution in [0.25, 0.3) is 21.9 Å². The number of hydrogen-bond acceptors (Lipinski definition) is 8. The maximum Gasteiger partial charge on any atom is 0.451 e. The van der Waals surface area contributed by atoms with Crippen molar-refractivity contribution in [3.63, 3.8) is 0 Å². The average Bonchev–Trinajstić information content (AvgIpc) is 3.51. The van der Waals surface area contributed by atoms with E-state index in [1.807, 2.05) is 49.4 Å². The molecule has 0 aliphatic carbocycles.